The molecule has 0 heterocycles. The lowest BCUT2D eigenvalue weighted by Crippen LogP contribution is -2.48. The molecule has 1 atom stereocenters. The molecule has 2 aromatic rings. The van der Waals surface area contributed by atoms with Gasteiger partial charge in [-0.2, -0.15) is 0 Å². The summed E-state index contributed by atoms with van der Waals surface area (Å²) < 4.78 is 32.1. The van der Waals surface area contributed by atoms with Gasteiger partial charge in [0, 0.05) is 26.1 Å². The van der Waals surface area contributed by atoms with Gasteiger partial charge in [-0.15, -0.1) is 0 Å². The molecule has 2 amide bonds. The average Bonchev–Trinajstić information content (AvgIpc) is 2.85. The zero-order valence-electron chi connectivity index (χ0n) is 22.7. The molecule has 0 saturated heterocycles. The van der Waals surface area contributed by atoms with Crippen molar-refractivity contribution in [3.8, 4) is 5.75 Å². The van der Waals surface area contributed by atoms with Crippen LogP contribution in [-0.4, -0.2) is 57.1 Å². The van der Waals surface area contributed by atoms with Gasteiger partial charge in [-0.25, -0.2) is 8.42 Å². The Hall–Kier alpha value is -3.07. The van der Waals surface area contributed by atoms with Crippen LogP contribution in [0.5, 0.6) is 5.75 Å². The smallest absolute Gasteiger partial charge is 0.242 e. The molecule has 9 heteroatoms. The highest BCUT2D eigenvalue weighted by atomic mass is 32.2. The second kappa shape index (κ2) is 14.6. The summed E-state index contributed by atoms with van der Waals surface area (Å²) in [5.41, 5.74) is 2.45. The van der Waals surface area contributed by atoms with E-state index < -0.39 is 16.1 Å². The Kier molecular flexibility index (Phi) is 11.9. The third-order valence-corrected chi connectivity index (χ3v) is 7.36. The molecule has 0 spiro atoms. The minimum absolute atomic E-state index is 0.0985. The molecule has 0 radical (unpaired) electrons. The molecule has 8 nitrogen and oxygen atoms in total. The minimum atomic E-state index is -3.61. The summed E-state index contributed by atoms with van der Waals surface area (Å²) in [7, 11) is -3.61. The maximum Gasteiger partial charge on any atom is 0.242 e. The number of amides is 2. The number of carbonyl (C=O) groups excluding carboxylic acids is 2. The van der Waals surface area contributed by atoms with Crippen LogP contribution in [0.15, 0.2) is 48.5 Å². The van der Waals surface area contributed by atoms with E-state index in [9.17, 15) is 18.0 Å². The van der Waals surface area contributed by atoms with Gasteiger partial charge in [0.2, 0.25) is 21.8 Å². The fourth-order valence-corrected chi connectivity index (χ4v) is 4.98. The van der Waals surface area contributed by atoms with Crippen LogP contribution in [0.25, 0.3) is 0 Å². The van der Waals surface area contributed by atoms with Crippen molar-refractivity contribution < 1.29 is 22.7 Å². The Balaban J connectivity index is 2.19. The number of benzene rings is 2. The van der Waals surface area contributed by atoms with Crippen LogP contribution in [0.3, 0.4) is 0 Å². The number of nitrogens with zero attached hydrogens (tertiary/aromatic N) is 2. The molecule has 1 N–H and O–H groups in total. The number of unbranched alkanes of at least 4 members (excludes halogenated alkanes) is 1. The Labute approximate surface area is 222 Å². The van der Waals surface area contributed by atoms with Crippen molar-refractivity contribution in [2.75, 3.05) is 30.3 Å². The first kappa shape index (κ1) is 30.2. The predicted octanol–water partition coefficient (Wildman–Crippen LogP) is 4.27. The summed E-state index contributed by atoms with van der Waals surface area (Å²) in [6.45, 7) is 8.98. The van der Waals surface area contributed by atoms with Gasteiger partial charge < -0.3 is 15.0 Å². The number of hydrogen-bond acceptors (Lipinski definition) is 5. The monoisotopic (exact) mass is 531 g/mol. The van der Waals surface area contributed by atoms with Gasteiger partial charge in [0.15, 0.2) is 0 Å². The number of anilines is 1. The van der Waals surface area contributed by atoms with Crippen molar-refractivity contribution >= 4 is 27.5 Å². The molecule has 2 aromatic carbocycles. The van der Waals surface area contributed by atoms with E-state index in [1.54, 1.807) is 36.1 Å². The molecule has 0 unspecified atom stereocenters. The molecule has 0 aliphatic carbocycles. The van der Waals surface area contributed by atoms with Crippen LogP contribution in [0.1, 0.15) is 57.6 Å². The quantitative estimate of drug-likeness (QED) is 0.346. The highest BCUT2D eigenvalue weighted by Gasteiger charge is 2.27. The van der Waals surface area contributed by atoms with Crippen molar-refractivity contribution in [3.05, 3.63) is 59.7 Å². The van der Waals surface area contributed by atoms with Gasteiger partial charge in [0.05, 0.1) is 18.6 Å². The summed E-state index contributed by atoms with van der Waals surface area (Å²) >= 11 is 0. The lowest BCUT2D eigenvalue weighted by Gasteiger charge is -2.30. The topological polar surface area (TPSA) is 96.0 Å². The first-order chi connectivity index (χ1) is 17.6. The molecule has 204 valence electrons. The third kappa shape index (κ3) is 9.07. The summed E-state index contributed by atoms with van der Waals surface area (Å²) in [5, 5.41) is 2.92. The lowest BCUT2D eigenvalue weighted by molar-refractivity contribution is -0.140. The van der Waals surface area contributed by atoms with Crippen LogP contribution in [0.2, 0.25) is 0 Å². The molecule has 0 aliphatic rings. The Morgan fingerprint density at radius 3 is 2.35 bits per heavy atom. The van der Waals surface area contributed by atoms with Crippen LogP contribution < -0.4 is 14.4 Å². The summed E-state index contributed by atoms with van der Waals surface area (Å²) in [5.74, 6) is 0.0760. The zero-order valence-corrected chi connectivity index (χ0v) is 23.5. The number of aryl methyl sites for hydroxylation is 1. The molecule has 0 bridgehead atoms. The van der Waals surface area contributed by atoms with Gasteiger partial charge in [-0.1, -0.05) is 49.7 Å². The number of nitrogens with one attached hydrogen (secondary N) is 1. The molecular formula is C28H41N3O5S. The Morgan fingerprint density at radius 1 is 1.03 bits per heavy atom. The van der Waals surface area contributed by atoms with Gasteiger partial charge in [0.25, 0.3) is 0 Å². The van der Waals surface area contributed by atoms with Gasteiger partial charge in [0.1, 0.15) is 11.8 Å². The van der Waals surface area contributed by atoms with Crippen LogP contribution >= 0.6 is 0 Å². The number of carbonyl (C=O) groups is 2. The summed E-state index contributed by atoms with van der Waals surface area (Å²) in [4.78, 5) is 27.8. The predicted molar refractivity (Wildman–Crippen MR) is 148 cm³/mol. The van der Waals surface area contributed by atoms with Gasteiger partial charge >= 0.3 is 0 Å². The van der Waals surface area contributed by atoms with E-state index in [1.165, 1.54) is 4.31 Å². The second-order valence-corrected chi connectivity index (χ2v) is 11.0. The molecular weight excluding hydrogens is 490 g/mol. The Morgan fingerprint density at radius 2 is 1.70 bits per heavy atom. The van der Waals surface area contributed by atoms with E-state index in [2.05, 4.69) is 12.2 Å². The maximum absolute atomic E-state index is 13.4. The zero-order chi connectivity index (χ0) is 27.4. The Bertz CT molecular complexity index is 1140. The average molecular weight is 532 g/mol. The van der Waals surface area contributed by atoms with Crippen molar-refractivity contribution in [1.82, 2.24) is 10.2 Å². The van der Waals surface area contributed by atoms with Crippen molar-refractivity contribution in [1.29, 1.82) is 0 Å². The number of sulfonamides is 1. The van der Waals surface area contributed by atoms with Crippen molar-refractivity contribution in [2.45, 2.75) is 66.0 Å². The molecule has 0 fully saturated rings. The minimum Gasteiger partial charge on any atom is -0.492 e. The first-order valence-electron chi connectivity index (χ1n) is 12.9. The van der Waals surface area contributed by atoms with Gasteiger partial charge in [-0.05, 0) is 56.9 Å². The number of rotatable bonds is 15. The fourth-order valence-electron chi connectivity index (χ4n) is 4.01. The molecule has 0 aromatic heterocycles. The number of para-hydroxylation sites is 2. The summed E-state index contributed by atoms with van der Waals surface area (Å²) in [6, 6.07) is 14.1. The molecule has 2 rings (SSSR count). The largest absolute Gasteiger partial charge is 0.492 e. The molecule has 0 saturated carbocycles. The highest BCUT2D eigenvalue weighted by Crippen LogP contribution is 2.30. The normalized spacial score (nSPS) is 12.0. The van der Waals surface area contributed by atoms with Crippen LogP contribution in [-0.2, 0) is 26.2 Å². The van der Waals surface area contributed by atoms with Crippen molar-refractivity contribution in [3.63, 3.8) is 0 Å². The third-order valence-electron chi connectivity index (χ3n) is 6.18. The molecule has 37 heavy (non-hydrogen) atoms. The standard InChI is InChI=1S/C28H41N3O5S/c1-6-8-19-29-28(33)23(4)30(21-24-15-10-9-14-22(24)3)27(32)18-13-20-31(37(5,34)35)25-16-11-12-17-26(25)36-7-2/h9-12,14-17,23H,6-8,13,18-21H2,1-5H3,(H,29,33)/t23-/m0/s1. The molecule has 0 aliphatic heterocycles. The van der Waals surface area contributed by atoms with E-state index >= 15 is 0 Å². The summed E-state index contributed by atoms with van der Waals surface area (Å²) in [6.07, 6.45) is 3.37. The SMILES string of the molecule is CCCCNC(=O)[C@H](C)N(Cc1ccccc1C)C(=O)CCCN(c1ccccc1OCC)S(C)(=O)=O. The first-order valence-corrected chi connectivity index (χ1v) is 14.8. The van der Waals surface area contributed by atoms with E-state index in [4.69, 9.17) is 4.74 Å². The van der Waals surface area contributed by atoms with Gasteiger partial charge in [-0.3, -0.25) is 13.9 Å². The number of hydrogen-bond donors (Lipinski definition) is 1. The van der Waals surface area contributed by atoms with E-state index in [1.807, 2.05) is 38.1 Å². The maximum atomic E-state index is 13.4. The van der Waals surface area contributed by atoms with Crippen LogP contribution in [0, 0.1) is 6.92 Å². The second-order valence-electron chi connectivity index (χ2n) is 9.11. The van der Waals surface area contributed by atoms with E-state index in [0.29, 0.717) is 37.6 Å². The number of ether oxygens (including phenoxy) is 1. The van der Waals surface area contributed by atoms with E-state index in [0.717, 1.165) is 30.2 Å². The van der Waals surface area contributed by atoms with Crippen molar-refractivity contribution in [2.24, 2.45) is 0 Å². The fraction of sp³-hybridized carbons (Fsp3) is 0.500. The van der Waals surface area contributed by atoms with Crippen LogP contribution in [0.4, 0.5) is 5.69 Å². The van der Waals surface area contributed by atoms with E-state index in [-0.39, 0.29) is 24.8 Å². The highest BCUT2D eigenvalue weighted by molar-refractivity contribution is 7.92. The lowest BCUT2D eigenvalue weighted by atomic mass is 10.1.